The van der Waals surface area contributed by atoms with Gasteiger partial charge in [-0.3, -0.25) is 29.3 Å². The first kappa shape index (κ1) is 52.3. The van der Waals surface area contributed by atoms with Crippen molar-refractivity contribution in [1.29, 1.82) is 5.26 Å². The summed E-state index contributed by atoms with van der Waals surface area (Å²) >= 11 is 0. The lowest BCUT2D eigenvalue weighted by Crippen LogP contribution is -2.36. The lowest BCUT2D eigenvalue weighted by atomic mass is 10.00. The Kier molecular flexibility index (Phi) is 14.6. The molecule has 0 N–H and O–H groups in total. The van der Waals surface area contributed by atoms with E-state index in [2.05, 4.69) is 36.9 Å². The van der Waals surface area contributed by atoms with Gasteiger partial charge in [-0.1, -0.05) is 78.9 Å². The van der Waals surface area contributed by atoms with Crippen LogP contribution >= 0.6 is 0 Å². The fraction of sp³-hybridized carbons (Fsp3) is 0.179. The van der Waals surface area contributed by atoms with E-state index in [9.17, 15) is 19.6 Å². The molecule has 6 aromatic carbocycles. The Balaban J connectivity index is 0.000000117. The molecule has 3 saturated heterocycles. The van der Waals surface area contributed by atoms with Crippen molar-refractivity contribution in [3.8, 4) is 39.4 Å². The Bertz CT molecular complexity index is 4460. The highest BCUT2D eigenvalue weighted by Gasteiger charge is 2.21. The minimum absolute atomic E-state index is 0.0259. The summed E-state index contributed by atoms with van der Waals surface area (Å²) < 4.78 is 34.9. The van der Waals surface area contributed by atoms with Gasteiger partial charge in [-0.25, -0.2) is 0 Å². The van der Waals surface area contributed by atoms with E-state index in [-0.39, 0.29) is 16.3 Å². The van der Waals surface area contributed by atoms with Crippen molar-refractivity contribution in [2.24, 2.45) is 0 Å². The number of ether oxygens (including phenoxy) is 3. The van der Waals surface area contributed by atoms with Crippen LogP contribution in [0.15, 0.2) is 204 Å². The molecule has 0 aliphatic carbocycles. The zero-order valence-electron chi connectivity index (χ0n) is 45.0. The number of fused-ring (bicyclic) bond motifs is 6. The molecule has 0 unspecified atom stereocenters. The van der Waals surface area contributed by atoms with Gasteiger partial charge in [0.15, 0.2) is 33.9 Å². The van der Waals surface area contributed by atoms with E-state index < -0.39 is 0 Å². The van der Waals surface area contributed by atoms with Crippen LogP contribution in [0.1, 0.15) is 5.56 Å². The van der Waals surface area contributed by atoms with Crippen LogP contribution in [0, 0.1) is 11.3 Å². The number of para-hydroxylation sites is 3. The number of hydrogen-bond acceptors (Lipinski definition) is 16. The third kappa shape index (κ3) is 10.8. The average molecular weight is 1100 g/mol. The summed E-state index contributed by atoms with van der Waals surface area (Å²) in [7, 11) is 0. The van der Waals surface area contributed by atoms with Crippen LogP contribution < -0.4 is 31.0 Å². The van der Waals surface area contributed by atoms with Crippen molar-refractivity contribution >= 4 is 83.3 Å². The Morgan fingerprint density at radius 3 is 1.29 bits per heavy atom. The molecule has 6 aromatic heterocycles. The first-order chi connectivity index (χ1) is 40.8. The molecule has 15 rings (SSSR count). The highest BCUT2D eigenvalue weighted by molar-refractivity contribution is 5.98. The Hall–Kier alpha value is -10.1. The topological polar surface area (TPSA) is 190 Å². The van der Waals surface area contributed by atoms with Crippen LogP contribution in [0.3, 0.4) is 0 Å². The molecule has 0 atom stereocenters. The second-order valence-electron chi connectivity index (χ2n) is 20.2. The maximum Gasteiger partial charge on any atom is 0.200 e. The van der Waals surface area contributed by atoms with E-state index in [1.807, 2.05) is 126 Å². The van der Waals surface area contributed by atoms with Gasteiger partial charge in [-0.15, -0.1) is 0 Å². The maximum absolute atomic E-state index is 12.8. The van der Waals surface area contributed by atoms with E-state index >= 15 is 0 Å². The minimum atomic E-state index is -0.0692. The third-order valence-corrected chi connectivity index (χ3v) is 15.2. The molecule has 3 aliphatic heterocycles. The minimum Gasteiger partial charge on any atom is -0.440 e. The van der Waals surface area contributed by atoms with Crippen molar-refractivity contribution in [3.63, 3.8) is 0 Å². The van der Waals surface area contributed by atoms with Crippen molar-refractivity contribution in [2.75, 3.05) is 93.6 Å². The number of morpholine rings is 3. The highest BCUT2D eigenvalue weighted by atomic mass is 16.5. The molecule has 0 amide bonds. The zero-order valence-corrected chi connectivity index (χ0v) is 45.0. The number of anilines is 3. The molecule has 3 aliphatic rings. The molecule has 16 nitrogen and oxygen atoms in total. The van der Waals surface area contributed by atoms with Crippen molar-refractivity contribution in [3.05, 3.63) is 213 Å². The second kappa shape index (κ2) is 23.2. The first-order valence-corrected chi connectivity index (χ1v) is 27.5. The van der Waals surface area contributed by atoms with E-state index in [0.717, 1.165) is 92.3 Å². The van der Waals surface area contributed by atoms with Gasteiger partial charge in [-0.05, 0) is 77.4 Å². The first-order valence-electron chi connectivity index (χ1n) is 27.5. The summed E-state index contributed by atoms with van der Waals surface area (Å²) in [5, 5.41) is 14.0. The summed E-state index contributed by atoms with van der Waals surface area (Å²) in [6, 6.07) is 51.5. The van der Waals surface area contributed by atoms with Gasteiger partial charge in [-0.2, -0.15) is 5.26 Å². The van der Waals surface area contributed by atoms with Crippen LogP contribution in [-0.2, 0) is 14.2 Å². The fourth-order valence-corrected chi connectivity index (χ4v) is 10.9. The molecule has 0 saturated carbocycles. The molecule has 0 radical (unpaired) electrons. The molecule has 83 heavy (non-hydrogen) atoms. The van der Waals surface area contributed by atoms with Crippen LogP contribution in [0.25, 0.3) is 99.0 Å². The van der Waals surface area contributed by atoms with Crippen LogP contribution in [-0.4, -0.2) is 93.9 Å². The number of nitrogens with zero attached hydrogens (tertiary/aromatic N) is 7. The summed E-state index contributed by atoms with van der Waals surface area (Å²) in [5.74, 6) is 1.76. The summed E-state index contributed by atoms with van der Waals surface area (Å²) in [6.07, 6.45) is 5.20. The van der Waals surface area contributed by atoms with Gasteiger partial charge < -0.3 is 42.2 Å². The van der Waals surface area contributed by atoms with Crippen LogP contribution in [0.4, 0.5) is 17.7 Å². The quantitative estimate of drug-likeness (QED) is 0.153. The summed E-state index contributed by atoms with van der Waals surface area (Å²) in [6.45, 7) is 8.04. The number of benzene rings is 6. The van der Waals surface area contributed by atoms with Crippen LogP contribution in [0.2, 0.25) is 0 Å². The standard InChI is InChI=1S/C23H17N3O3.2C22H18N2O3/c24-14-16-6-7-25-20-12-15(4-5-17(16)20)18-2-1-3-19-21(27)13-22(29-23(18)19)26-8-10-28-11-9-26;25-20-14-21(24-9-11-26-12-10-24)27-22-17(4-1-5-18(20)22)15-6-7-19-16(13-15)3-2-8-23-19;25-20-14-21(24-9-11-26-12-10-24)27-22-17(4-1-5-18(20)22)16-7-6-15-3-2-8-23-19(15)13-16/h1-7,12-13H,8-11H2;2*1-8,13-14H,9-12H2. The molecular weight excluding hydrogens is 1050 g/mol. The molecule has 3 fully saturated rings. The molecule has 16 heteroatoms. The van der Waals surface area contributed by atoms with Crippen LogP contribution in [0.5, 0.6) is 0 Å². The van der Waals surface area contributed by atoms with E-state index in [4.69, 9.17) is 27.5 Å². The Labute approximate surface area is 474 Å². The zero-order chi connectivity index (χ0) is 56.2. The summed E-state index contributed by atoms with van der Waals surface area (Å²) in [5.41, 5.74) is 10.3. The number of rotatable bonds is 6. The third-order valence-electron chi connectivity index (χ3n) is 15.2. The van der Waals surface area contributed by atoms with Gasteiger partial charge in [0.25, 0.3) is 0 Å². The Morgan fingerprint density at radius 2 is 0.795 bits per heavy atom. The molecule has 9 heterocycles. The fourth-order valence-electron chi connectivity index (χ4n) is 10.9. The maximum atomic E-state index is 12.8. The predicted molar refractivity (Wildman–Crippen MR) is 323 cm³/mol. The highest BCUT2D eigenvalue weighted by Crippen LogP contribution is 2.35. The second-order valence-corrected chi connectivity index (χ2v) is 20.2. The number of hydrogen-bond donors (Lipinski definition) is 0. The number of pyridine rings is 3. The molecule has 12 aromatic rings. The number of aromatic nitrogens is 3. The molecule has 0 spiro atoms. The van der Waals surface area contributed by atoms with Gasteiger partial charge in [0, 0.05) is 109 Å². The van der Waals surface area contributed by atoms with E-state index in [1.54, 1.807) is 48.9 Å². The van der Waals surface area contributed by atoms with Crippen molar-refractivity contribution in [1.82, 2.24) is 15.0 Å². The largest absolute Gasteiger partial charge is 0.440 e. The normalized spacial score (nSPS) is 14.6. The average Bonchev–Trinajstić information content (AvgIpc) is 3.72. The van der Waals surface area contributed by atoms with E-state index in [0.29, 0.717) is 109 Å². The van der Waals surface area contributed by atoms with Gasteiger partial charge in [0.05, 0.1) is 84.0 Å². The lowest BCUT2D eigenvalue weighted by molar-refractivity contribution is 0.120. The predicted octanol–water partition coefficient (Wildman–Crippen LogP) is 11.4. The van der Waals surface area contributed by atoms with Gasteiger partial charge in [0.2, 0.25) is 0 Å². The monoisotopic (exact) mass is 1100 g/mol. The van der Waals surface area contributed by atoms with E-state index in [1.165, 1.54) is 0 Å². The number of nitriles is 1. The molecule has 410 valence electrons. The lowest BCUT2D eigenvalue weighted by Gasteiger charge is -2.27. The SMILES string of the molecule is N#Cc1ccnc2cc(-c3cccc4c(=O)cc(N5CCOCC5)oc34)ccc12.O=c1cc(N2CCOCC2)oc2c(-c3ccc4cccnc4c3)cccc12.O=c1cc(N2CCOCC2)oc2c(-c3ccc4ncccc4c3)cccc12. The Morgan fingerprint density at radius 1 is 0.373 bits per heavy atom. The van der Waals surface area contributed by atoms with Crippen molar-refractivity contribution < 1.29 is 27.5 Å². The van der Waals surface area contributed by atoms with Gasteiger partial charge >= 0.3 is 0 Å². The van der Waals surface area contributed by atoms with Gasteiger partial charge in [0.1, 0.15) is 16.7 Å². The molecule has 0 bridgehead atoms. The molecular formula is C67H53N7O9. The van der Waals surface area contributed by atoms with Crippen molar-refractivity contribution in [2.45, 2.75) is 0 Å². The summed E-state index contributed by atoms with van der Waals surface area (Å²) in [4.78, 5) is 57.5. The smallest absolute Gasteiger partial charge is 0.200 e.